The van der Waals surface area contributed by atoms with Gasteiger partial charge in [0.2, 0.25) is 0 Å². The molecule has 1 aliphatic rings. The standard InChI is InChI=1S/C13H16FN3/c1-17-12-7-9(14)3-5-11(12)16-13(17)8-2-4-10(15)6-8/h3,5,7-8,10H,2,4,6,15H2,1H3. The van der Waals surface area contributed by atoms with Gasteiger partial charge >= 0.3 is 0 Å². The van der Waals surface area contributed by atoms with E-state index in [4.69, 9.17) is 5.73 Å². The third-order valence-corrected chi connectivity index (χ3v) is 3.72. The van der Waals surface area contributed by atoms with E-state index >= 15 is 0 Å². The molecule has 17 heavy (non-hydrogen) atoms. The van der Waals surface area contributed by atoms with E-state index in [0.29, 0.717) is 5.92 Å². The smallest absolute Gasteiger partial charge is 0.125 e. The lowest BCUT2D eigenvalue weighted by molar-refractivity contribution is 0.618. The average Bonchev–Trinajstić information content (AvgIpc) is 2.84. The Morgan fingerprint density at radius 1 is 1.41 bits per heavy atom. The van der Waals surface area contributed by atoms with Gasteiger partial charge in [-0.05, 0) is 37.5 Å². The van der Waals surface area contributed by atoms with Gasteiger partial charge in [-0.1, -0.05) is 0 Å². The molecule has 0 spiro atoms. The molecule has 1 aromatic heterocycles. The maximum atomic E-state index is 13.2. The van der Waals surface area contributed by atoms with Crippen molar-refractivity contribution >= 4 is 11.0 Å². The van der Waals surface area contributed by atoms with Crippen LogP contribution in [-0.2, 0) is 7.05 Å². The molecule has 0 amide bonds. The Morgan fingerprint density at radius 2 is 2.24 bits per heavy atom. The molecule has 0 radical (unpaired) electrons. The SMILES string of the molecule is Cn1c(C2CCC(N)C2)nc2ccc(F)cc21. The van der Waals surface area contributed by atoms with Crippen molar-refractivity contribution in [1.82, 2.24) is 9.55 Å². The van der Waals surface area contributed by atoms with Crippen molar-refractivity contribution in [2.24, 2.45) is 12.8 Å². The zero-order chi connectivity index (χ0) is 12.0. The Hall–Kier alpha value is -1.42. The molecule has 1 aliphatic carbocycles. The molecule has 1 fully saturated rings. The summed E-state index contributed by atoms with van der Waals surface area (Å²) >= 11 is 0. The van der Waals surface area contributed by atoms with E-state index in [9.17, 15) is 4.39 Å². The van der Waals surface area contributed by atoms with Crippen molar-refractivity contribution in [2.75, 3.05) is 0 Å². The molecule has 2 atom stereocenters. The molecule has 0 aliphatic heterocycles. The second kappa shape index (κ2) is 3.81. The first-order chi connectivity index (χ1) is 8.15. The first-order valence-corrected chi connectivity index (χ1v) is 6.02. The topological polar surface area (TPSA) is 43.8 Å². The maximum Gasteiger partial charge on any atom is 0.125 e. The summed E-state index contributed by atoms with van der Waals surface area (Å²) in [5.74, 6) is 1.25. The first kappa shape index (κ1) is 10.7. The number of aryl methyl sites for hydroxylation is 1. The third kappa shape index (κ3) is 1.72. The van der Waals surface area contributed by atoms with Crippen LogP contribution in [0.15, 0.2) is 18.2 Å². The van der Waals surface area contributed by atoms with Crippen LogP contribution in [0.1, 0.15) is 31.0 Å². The summed E-state index contributed by atoms with van der Waals surface area (Å²) in [6.07, 6.45) is 3.13. The van der Waals surface area contributed by atoms with Gasteiger partial charge in [-0.3, -0.25) is 0 Å². The highest BCUT2D eigenvalue weighted by Gasteiger charge is 2.27. The van der Waals surface area contributed by atoms with E-state index in [-0.39, 0.29) is 11.9 Å². The molecule has 0 bridgehead atoms. The Morgan fingerprint density at radius 3 is 2.94 bits per heavy atom. The lowest BCUT2D eigenvalue weighted by Gasteiger charge is -2.09. The number of rotatable bonds is 1. The monoisotopic (exact) mass is 233 g/mol. The summed E-state index contributed by atoms with van der Waals surface area (Å²) in [7, 11) is 1.95. The second-order valence-electron chi connectivity index (χ2n) is 4.93. The zero-order valence-electron chi connectivity index (χ0n) is 9.86. The number of imidazole rings is 1. The van der Waals surface area contributed by atoms with Gasteiger partial charge in [-0.2, -0.15) is 0 Å². The highest BCUT2D eigenvalue weighted by atomic mass is 19.1. The van der Waals surface area contributed by atoms with E-state index in [1.54, 1.807) is 12.1 Å². The Kier molecular flexibility index (Phi) is 2.40. The number of nitrogens with two attached hydrogens (primary N) is 1. The van der Waals surface area contributed by atoms with E-state index < -0.39 is 0 Å². The van der Waals surface area contributed by atoms with Gasteiger partial charge in [-0.15, -0.1) is 0 Å². The summed E-state index contributed by atoms with van der Waals surface area (Å²) in [6.45, 7) is 0. The van der Waals surface area contributed by atoms with Gasteiger partial charge in [0, 0.05) is 19.0 Å². The highest BCUT2D eigenvalue weighted by Crippen LogP contribution is 2.34. The van der Waals surface area contributed by atoms with Crippen molar-refractivity contribution in [3.63, 3.8) is 0 Å². The van der Waals surface area contributed by atoms with Crippen LogP contribution in [-0.4, -0.2) is 15.6 Å². The molecular weight excluding hydrogens is 217 g/mol. The van der Waals surface area contributed by atoms with Crippen LogP contribution in [0.5, 0.6) is 0 Å². The van der Waals surface area contributed by atoms with Crippen LogP contribution in [0, 0.1) is 5.82 Å². The summed E-state index contributed by atoms with van der Waals surface area (Å²) < 4.78 is 15.2. The van der Waals surface area contributed by atoms with Crippen LogP contribution in [0.25, 0.3) is 11.0 Å². The number of nitrogens with zero attached hydrogens (tertiary/aromatic N) is 2. The predicted molar refractivity (Wildman–Crippen MR) is 65.2 cm³/mol. The number of aromatic nitrogens is 2. The van der Waals surface area contributed by atoms with E-state index in [0.717, 1.165) is 36.1 Å². The van der Waals surface area contributed by atoms with Crippen molar-refractivity contribution in [2.45, 2.75) is 31.2 Å². The number of benzene rings is 1. The summed E-state index contributed by atoms with van der Waals surface area (Å²) in [4.78, 5) is 4.61. The maximum absolute atomic E-state index is 13.2. The van der Waals surface area contributed by atoms with Gasteiger partial charge in [0.25, 0.3) is 0 Å². The molecule has 1 heterocycles. The van der Waals surface area contributed by atoms with E-state index in [1.165, 1.54) is 6.07 Å². The fraction of sp³-hybridized carbons (Fsp3) is 0.462. The molecule has 90 valence electrons. The Balaban J connectivity index is 2.08. The van der Waals surface area contributed by atoms with Gasteiger partial charge < -0.3 is 10.3 Å². The molecule has 2 N–H and O–H groups in total. The zero-order valence-corrected chi connectivity index (χ0v) is 9.86. The highest BCUT2D eigenvalue weighted by molar-refractivity contribution is 5.76. The minimum atomic E-state index is -0.213. The molecule has 2 aromatic rings. The van der Waals surface area contributed by atoms with Crippen molar-refractivity contribution in [3.05, 3.63) is 29.8 Å². The fourth-order valence-corrected chi connectivity index (χ4v) is 2.80. The normalized spacial score (nSPS) is 24.6. The first-order valence-electron chi connectivity index (χ1n) is 6.02. The Bertz CT molecular complexity index is 561. The summed E-state index contributed by atoms with van der Waals surface area (Å²) in [6, 6.07) is 5.03. The molecule has 3 rings (SSSR count). The molecule has 1 aromatic carbocycles. The lowest BCUT2D eigenvalue weighted by Crippen LogP contribution is -2.15. The lowest BCUT2D eigenvalue weighted by atomic mass is 10.1. The van der Waals surface area contributed by atoms with Gasteiger partial charge in [0.1, 0.15) is 11.6 Å². The number of fused-ring (bicyclic) bond motifs is 1. The minimum Gasteiger partial charge on any atom is -0.331 e. The van der Waals surface area contributed by atoms with Crippen molar-refractivity contribution in [1.29, 1.82) is 0 Å². The third-order valence-electron chi connectivity index (χ3n) is 3.72. The number of hydrogen-bond donors (Lipinski definition) is 1. The summed E-state index contributed by atoms with van der Waals surface area (Å²) in [5.41, 5.74) is 7.66. The largest absolute Gasteiger partial charge is 0.331 e. The molecule has 4 heteroatoms. The second-order valence-corrected chi connectivity index (χ2v) is 4.93. The molecule has 1 saturated carbocycles. The Labute approximate surface area is 99.4 Å². The van der Waals surface area contributed by atoms with Gasteiger partial charge in [0.05, 0.1) is 11.0 Å². The van der Waals surface area contributed by atoms with Gasteiger partial charge in [-0.25, -0.2) is 9.37 Å². The predicted octanol–water partition coefficient (Wildman–Crippen LogP) is 2.31. The van der Waals surface area contributed by atoms with Crippen molar-refractivity contribution in [3.8, 4) is 0 Å². The quantitative estimate of drug-likeness (QED) is 0.821. The van der Waals surface area contributed by atoms with Crippen molar-refractivity contribution < 1.29 is 4.39 Å². The van der Waals surface area contributed by atoms with Crippen LogP contribution in [0.4, 0.5) is 4.39 Å². The average molecular weight is 233 g/mol. The van der Waals surface area contributed by atoms with Gasteiger partial charge in [0.15, 0.2) is 0 Å². The molecule has 0 saturated heterocycles. The van der Waals surface area contributed by atoms with E-state index in [1.807, 2.05) is 11.6 Å². The number of halogens is 1. The molecular formula is C13H16FN3. The summed E-state index contributed by atoms with van der Waals surface area (Å²) in [5, 5.41) is 0. The van der Waals surface area contributed by atoms with Crippen LogP contribution >= 0.6 is 0 Å². The van der Waals surface area contributed by atoms with E-state index in [2.05, 4.69) is 4.98 Å². The van der Waals surface area contributed by atoms with Crippen LogP contribution in [0.2, 0.25) is 0 Å². The molecule has 2 unspecified atom stereocenters. The van der Waals surface area contributed by atoms with Crippen LogP contribution < -0.4 is 5.73 Å². The molecule has 3 nitrogen and oxygen atoms in total. The van der Waals surface area contributed by atoms with Crippen LogP contribution in [0.3, 0.4) is 0 Å². The fourth-order valence-electron chi connectivity index (χ4n) is 2.80. The minimum absolute atomic E-state index is 0.213. The number of hydrogen-bond acceptors (Lipinski definition) is 2.